The van der Waals surface area contributed by atoms with Gasteiger partial charge in [-0.3, -0.25) is 0 Å². The van der Waals surface area contributed by atoms with Crippen molar-refractivity contribution in [2.75, 3.05) is 30.9 Å². The van der Waals surface area contributed by atoms with Crippen molar-refractivity contribution in [1.82, 2.24) is 5.32 Å². The number of carbonyl (C=O) groups excluding carboxylic acids is 1. The van der Waals surface area contributed by atoms with Gasteiger partial charge >= 0.3 is 6.03 Å². The number of rotatable bonds is 6. The summed E-state index contributed by atoms with van der Waals surface area (Å²) in [5.74, 6) is 0. The molecule has 1 unspecified atom stereocenters. The molecule has 5 heteroatoms. The zero-order chi connectivity index (χ0) is 16.0. The summed E-state index contributed by atoms with van der Waals surface area (Å²) >= 11 is 0. The lowest BCUT2D eigenvalue weighted by Crippen LogP contribution is -2.50. The number of aliphatic hydroxyl groups excluding tert-OH is 1. The summed E-state index contributed by atoms with van der Waals surface area (Å²) in [6, 6.07) is 5.58. The number of anilines is 2. The van der Waals surface area contributed by atoms with Crippen LogP contribution in [0.25, 0.3) is 0 Å². The molecule has 5 nitrogen and oxygen atoms in total. The van der Waals surface area contributed by atoms with Gasteiger partial charge in [-0.1, -0.05) is 13.3 Å². The monoisotopic (exact) mass is 293 g/mol. The fourth-order valence-electron chi connectivity index (χ4n) is 2.23. The van der Waals surface area contributed by atoms with Gasteiger partial charge in [0.25, 0.3) is 0 Å². The number of nitrogens with zero attached hydrogens (tertiary/aromatic N) is 1. The van der Waals surface area contributed by atoms with Crippen molar-refractivity contribution in [3.63, 3.8) is 0 Å². The molecule has 0 bridgehead atoms. The van der Waals surface area contributed by atoms with E-state index < -0.39 is 5.54 Å². The minimum absolute atomic E-state index is 0.0766. The maximum absolute atomic E-state index is 12.1. The molecular formula is C16H27N3O2. The van der Waals surface area contributed by atoms with E-state index in [0.717, 1.165) is 29.8 Å². The highest BCUT2D eigenvalue weighted by molar-refractivity contribution is 5.90. The highest BCUT2D eigenvalue weighted by atomic mass is 16.3. The third-order valence-corrected chi connectivity index (χ3v) is 3.54. The zero-order valence-corrected chi connectivity index (χ0v) is 13.7. The maximum Gasteiger partial charge on any atom is 0.319 e. The molecule has 1 rings (SSSR count). The molecule has 0 spiro atoms. The first-order valence-electron chi connectivity index (χ1n) is 7.29. The number of benzene rings is 1. The number of carbonyl (C=O) groups is 1. The molecule has 2 amide bonds. The van der Waals surface area contributed by atoms with E-state index in [1.165, 1.54) is 0 Å². The molecule has 118 valence electrons. The first kappa shape index (κ1) is 17.3. The molecule has 0 aliphatic heterocycles. The van der Waals surface area contributed by atoms with E-state index in [1.807, 2.05) is 58.0 Å². The Labute approximate surface area is 127 Å². The summed E-state index contributed by atoms with van der Waals surface area (Å²) in [7, 11) is 3.96. The topological polar surface area (TPSA) is 64.6 Å². The zero-order valence-electron chi connectivity index (χ0n) is 13.7. The van der Waals surface area contributed by atoms with Crippen LogP contribution in [0.4, 0.5) is 16.2 Å². The van der Waals surface area contributed by atoms with Gasteiger partial charge in [-0.25, -0.2) is 4.79 Å². The van der Waals surface area contributed by atoms with Gasteiger partial charge in [0.2, 0.25) is 0 Å². The molecule has 0 aliphatic carbocycles. The van der Waals surface area contributed by atoms with Gasteiger partial charge in [0.05, 0.1) is 12.1 Å². The second kappa shape index (κ2) is 7.31. The second-order valence-corrected chi connectivity index (χ2v) is 5.94. The van der Waals surface area contributed by atoms with Crippen molar-refractivity contribution in [2.45, 2.75) is 39.2 Å². The average molecular weight is 293 g/mol. The number of urea groups is 1. The summed E-state index contributed by atoms with van der Waals surface area (Å²) < 4.78 is 0. The molecule has 1 aromatic rings. The van der Waals surface area contributed by atoms with E-state index in [0.29, 0.717) is 0 Å². The van der Waals surface area contributed by atoms with Gasteiger partial charge in [0, 0.05) is 25.5 Å². The molecule has 0 radical (unpaired) electrons. The fourth-order valence-corrected chi connectivity index (χ4v) is 2.23. The van der Waals surface area contributed by atoms with Gasteiger partial charge in [0.15, 0.2) is 0 Å². The Morgan fingerprint density at radius 1 is 1.38 bits per heavy atom. The number of aliphatic hydroxyl groups is 1. The summed E-state index contributed by atoms with van der Waals surface area (Å²) in [4.78, 5) is 14.1. The Morgan fingerprint density at radius 3 is 2.52 bits per heavy atom. The van der Waals surface area contributed by atoms with Gasteiger partial charge in [-0.2, -0.15) is 0 Å². The second-order valence-electron chi connectivity index (χ2n) is 5.94. The Balaban J connectivity index is 2.75. The average Bonchev–Trinajstić information content (AvgIpc) is 2.41. The summed E-state index contributed by atoms with van der Waals surface area (Å²) in [5, 5.41) is 15.1. The lowest BCUT2D eigenvalue weighted by molar-refractivity contribution is 0.167. The lowest BCUT2D eigenvalue weighted by atomic mass is 9.98. The highest BCUT2D eigenvalue weighted by Gasteiger charge is 2.24. The quantitative estimate of drug-likeness (QED) is 0.755. The fraction of sp³-hybridized carbons (Fsp3) is 0.562. The smallest absolute Gasteiger partial charge is 0.319 e. The SMILES string of the molecule is CCCC(C)(CO)NC(=O)Nc1ccc(N(C)C)cc1C. The minimum atomic E-state index is -0.587. The van der Waals surface area contributed by atoms with Crippen molar-refractivity contribution < 1.29 is 9.90 Å². The standard InChI is InChI=1S/C16H27N3O2/c1-6-9-16(3,11-20)18-15(21)17-14-8-7-13(19(4)5)10-12(14)2/h7-8,10,20H,6,9,11H2,1-5H3,(H2,17,18,21). The van der Waals surface area contributed by atoms with Crippen molar-refractivity contribution in [2.24, 2.45) is 0 Å². The van der Waals surface area contributed by atoms with E-state index in [2.05, 4.69) is 10.6 Å². The lowest BCUT2D eigenvalue weighted by Gasteiger charge is -2.28. The molecule has 0 fully saturated rings. The first-order valence-corrected chi connectivity index (χ1v) is 7.29. The Morgan fingerprint density at radius 2 is 2.05 bits per heavy atom. The van der Waals surface area contributed by atoms with Crippen LogP contribution in [0.5, 0.6) is 0 Å². The molecule has 0 aromatic heterocycles. The number of hydrogen-bond acceptors (Lipinski definition) is 3. The van der Waals surface area contributed by atoms with Gasteiger partial charge < -0.3 is 20.6 Å². The van der Waals surface area contributed by atoms with Crippen LogP contribution in [-0.4, -0.2) is 37.4 Å². The predicted molar refractivity (Wildman–Crippen MR) is 88.1 cm³/mol. The normalized spacial score (nSPS) is 13.4. The van der Waals surface area contributed by atoms with Crippen LogP contribution in [0.3, 0.4) is 0 Å². The number of hydrogen-bond donors (Lipinski definition) is 3. The van der Waals surface area contributed by atoms with Gasteiger partial charge in [0.1, 0.15) is 0 Å². The highest BCUT2D eigenvalue weighted by Crippen LogP contribution is 2.21. The number of nitrogens with one attached hydrogen (secondary N) is 2. The van der Waals surface area contributed by atoms with E-state index >= 15 is 0 Å². The molecule has 1 atom stereocenters. The van der Waals surface area contributed by atoms with Gasteiger partial charge in [-0.05, 0) is 44.0 Å². The first-order chi connectivity index (χ1) is 9.81. The van der Waals surface area contributed by atoms with E-state index in [1.54, 1.807) is 0 Å². The van der Waals surface area contributed by atoms with Crippen molar-refractivity contribution in [3.8, 4) is 0 Å². The summed E-state index contributed by atoms with van der Waals surface area (Å²) in [6.45, 7) is 5.75. The molecule has 21 heavy (non-hydrogen) atoms. The summed E-state index contributed by atoms with van der Waals surface area (Å²) in [5.41, 5.74) is 2.27. The molecule has 0 saturated heterocycles. The van der Waals surface area contributed by atoms with Crippen LogP contribution >= 0.6 is 0 Å². The molecular weight excluding hydrogens is 266 g/mol. The molecule has 0 saturated carbocycles. The van der Waals surface area contributed by atoms with Crippen molar-refractivity contribution in [1.29, 1.82) is 0 Å². The third kappa shape index (κ3) is 4.93. The van der Waals surface area contributed by atoms with E-state index in [4.69, 9.17) is 0 Å². The van der Waals surface area contributed by atoms with E-state index in [-0.39, 0.29) is 12.6 Å². The van der Waals surface area contributed by atoms with Crippen molar-refractivity contribution >= 4 is 17.4 Å². The maximum atomic E-state index is 12.1. The minimum Gasteiger partial charge on any atom is -0.394 e. The number of amides is 2. The number of aryl methyl sites for hydroxylation is 1. The Kier molecular flexibility index (Phi) is 6.03. The van der Waals surface area contributed by atoms with Crippen LogP contribution in [0.2, 0.25) is 0 Å². The Hall–Kier alpha value is -1.75. The molecule has 3 N–H and O–H groups in total. The van der Waals surface area contributed by atoms with Crippen molar-refractivity contribution in [3.05, 3.63) is 23.8 Å². The van der Waals surface area contributed by atoms with Crippen LogP contribution < -0.4 is 15.5 Å². The molecule has 1 aromatic carbocycles. The molecule has 0 aliphatic rings. The third-order valence-electron chi connectivity index (χ3n) is 3.54. The molecule has 0 heterocycles. The van der Waals surface area contributed by atoms with Crippen LogP contribution in [0.1, 0.15) is 32.3 Å². The van der Waals surface area contributed by atoms with Gasteiger partial charge in [-0.15, -0.1) is 0 Å². The van der Waals surface area contributed by atoms with Crippen LogP contribution in [0.15, 0.2) is 18.2 Å². The summed E-state index contributed by atoms with van der Waals surface area (Å²) in [6.07, 6.45) is 1.63. The van der Waals surface area contributed by atoms with Crippen LogP contribution in [0, 0.1) is 6.92 Å². The largest absolute Gasteiger partial charge is 0.394 e. The predicted octanol–water partition coefficient (Wildman–Crippen LogP) is 2.73. The van der Waals surface area contributed by atoms with E-state index in [9.17, 15) is 9.90 Å². The van der Waals surface area contributed by atoms with Crippen LogP contribution in [-0.2, 0) is 0 Å². The Bertz CT molecular complexity index is 488.